The van der Waals surface area contributed by atoms with Crippen LogP contribution in [0.5, 0.6) is 0 Å². The number of fused-ring (bicyclic) bond motifs is 1. The van der Waals surface area contributed by atoms with E-state index in [0.717, 1.165) is 42.8 Å². The van der Waals surface area contributed by atoms with E-state index in [2.05, 4.69) is 23.8 Å². The number of nitrogens with zero attached hydrogens (tertiary/aromatic N) is 3. The van der Waals surface area contributed by atoms with Crippen LogP contribution in [-0.4, -0.2) is 33.0 Å². The minimum Gasteiger partial charge on any atom is -0.365 e. The third kappa shape index (κ3) is 3.00. The lowest BCUT2D eigenvalue weighted by atomic mass is 9.94. The molecule has 22 heavy (non-hydrogen) atoms. The van der Waals surface area contributed by atoms with Gasteiger partial charge in [0.15, 0.2) is 0 Å². The Morgan fingerprint density at radius 2 is 2.23 bits per heavy atom. The number of hydrogen-bond donors (Lipinski definition) is 0. The average molecular weight is 303 g/mol. The van der Waals surface area contributed by atoms with Crippen LogP contribution in [0.3, 0.4) is 0 Å². The Hall–Kier alpha value is -1.49. The predicted octanol–water partition coefficient (Wildman–Crippen LogP) is 2.48. The van der Waals surface area contributed by atoms with Gasteiger partial charge in [-0.3, -0.25) is 4.79 Å². The molecular weight excluding hydrogens is 278 g/mol. The van der Waals surface area contributed by atoms with Gasteiger partial charge in [-0.2, -0.15) is 0 Å². The summed E-state index contributed by atoms with van der Waals surface area (Å²) in [5.74, 6) is 1.51. The fourth-order valence-corrected chi connectivity index (χ4v) is 3.24. The van der Waals surface area contributed by atoms with Gasteiger partial charge in [0, 0.05) is 31.3 Å². The van der Waals surface area contributed by atoms with Gasteiger partial charge in [0.2, 0.25) is 0 Å². The van der Waals surface area contributed by atoms with Crippen LogP contribution in [0.2, 0.25) is 0 Å². The van der Waals surface area contributed by atoms with Crippen LogP contribution < -0.4 is 0 Å². The van der Waals surface area contributed by atoms with E-state index < -0.39 is 5.60 Å². The fraction of sp³-hybridized carbons (Fsp3) is 0.706. The van der Waals surface area contributed by atoms with Crippen LogP contribution in [0.1, 0.15) is 57.1 Å². The summed E-state index contributed by atoms with van der Waals surface area (Å²) in [5.41, 5.74) is 1.41. The molecule has 3 heterocycles. The first kappa shape index (κ1) is 15.4. The number of carbonyl (C=O) groups is 1. The van der Waals surface area contributed by atoms with E-state index in [0.29, 0.717) is 25.6 Å². The van der Waals surface area contributed by atoms with E-state index >= 15 is 0 Å². The molecule has 0 saturated carbocycles. The quantitative estimate of drug-likeness (QED) is 0.861. The maximum atomic E-state index is 12.8. The molecule has 5 nitrogen and oxygen atoms in total. The molecule has 0 N–H and O–H groups in total. The molecule has 1 amide bonds. The number of carbonyl (C=O) groups excluding carboxylic acids is 1. The van der Waals surface area contributed by atoms with Crippen LogP contribution >= 0.6 is 0 Å². The average Bonchev–Trinajstić information content (AvgIpc) is 2.89. The summed E-state index contributed by atoms with van der Waals surface area (Å²) >= 11 is 0. The molecule has 0 radical (unpaired) electrons. The Kier molecular flexibility index (Phi) is 4.17. The van der Waals surface area contributed by atoms with Crippen LogP contribution in [0.25, 0.3) is 0 Å². The smallest absolute Gasteiger partial charge is 0.255 e. The van der Waals surface area contributed by atoms with Crippen molar-refractivity contribution >= 4 is 5.91 Å². The molecule has 1 atom stereocenters. The minimum absolute atomic E-state index is 0.0932. The molecule has 3 rings (SSSR count). The standard InChI is InChI=1S/C17H25N3O2/c1-12(2)8-15-18-9-13-10-20(11-14(13)19-15)16(21)17(3)6-4-5-7-22-17/h9,12H,4-8,10-11H2,1-3H3/t17-/m1/s1. The topological polar surface area (TPSA) is 55.3 Å². The van der Waals surface area contributed by atoms with E-state index in [1.165, 1.54) is 0 Å². The van der Waals surface area contributed by atoms with Gasteiger partial charge in [-0.15, -0.1) is 0 Å². The third-order valence-electron chi connectivity index (χ3n) is 4.51. The SMILES string of the molecule is CC(C)Cc1ncc2c(n1)CN(C(=O)[C@@]1(C)CCCCO1)C2. The van der Waals surface area contributed by atoms with Crippen molar-refractivity contribution in [3.05, 3.63) is 23.3 Å². The lowest BCUT2D eigenvalue weighted by molar-refractivity contribution is -0.162. The maximum Gasteiger partial charge on any atom is 0.255 e. The van der Waals surface area contributed by atoms with Crippen LogP contribution in [0.4, 0.5) is 0 Å². The molecule has 0 bridgehead atoms. The highest BCUT2D eigenvalue weighted by atomic mass is 16.5. The Morgan fingerprint density at radius 3 is 2.91 bits per heavy atom. The van der Waals surface area contributed by atoms with Crippen molar-refractivity contribution in [3.63, 3.8) is 0 Å². The second kappa shape index (κ2) is 5.95. The van der Waals surface area contributed by atoms with E-state index in [9.17, 15) is 4.79 Å². The van der Waals surface area contributed by atoms with E-state index in [1.54, 1.807) is 0 Å². The highest BCUT2D eigenvalue weighted by Crippen LogP contribution is 2.30. The van der Waals surface area contributed by atoms with Crippen LogP contribution in [-0.2, 0) is 29.0 Å². The second-order valence-electron chi connectivity index (χ2n) is 7.05. The van der Waals surface area contributed by atoms with Crippen molar-refractivity contribution in [1.29, 1.82) is 0 Å². The summed E-state index contributed by atoms with van der Waals surface area (Å²) in [5, 5.41) is 0. The zero-order valence-electron chi connectivity index (χ0n) is 13.8. The van der Waals surface area contributed by atoms with Crippen LogP contribution in [0.15, 0.2) is 6.20 Å². The Labute approximate surface area is 132 Å². The van der Waals surface area contributed by atoms with Crippen LogP contribution in [0, 0.1) is 5.92 Å². The summed E-state index contributed by atoms with van der Waals surface area (Å²) in [6, 6.07) is 0. The Bertz CT molecular complexity index is 565. The number of aromatic nitrogens is 2. The van der Waals surface area contributed by atoms with Gasteiger partial charge in [-0.25, -0.2) is 9.97 Å². The van der Waals surface area contributed by atoms with E-state index in [4.69, 9.17) is 4.74 Å². The zero-order chi connectivity index (χ0) is 15.7. The summed E-state index contributed by atoms with van der Waals surface area (Å²) in [7, 11) is 0. The summed E-state index contributed by atoms with van der Waals surface area (Å²) < 4.78 is 5.79. The molecule has 120 valence electrons. The lowest BCUT2D eigenvalue weighted by Crippen LogP contribution is -2.48. The molecule has 0 aliphatic carbocycles. The molecule has 1 aromatic rings. The number of hydrogen-bond acceptors (Lipinski definition) is 4. The van der Waals surface area contributed by atoms with Gasteiger partial charge in [-0.1, -0.05) is 13.8 Å². The molecule has 2 aliphatic rings. The van der Waals surface area contributed by atoms with Gasteiger partial charge >= 0.3 is 0 Å². The van der Waals surface area contributed by atoms with Crippen molar-refractivity contribution < 1.29 is 9.53 Å². The molecule has 1 fully saturated rings. The molecule has 1 saturated heterocycles. The maximum absolute atomic E-state index is 12.8. The molecule has 5 heteroatoms. The number of ether oxygens (including phenoxy) is 1. The summed E-state index contributed by atoms with van der Waals surface area (Å²) in [4.78, 5) is 23.8. The van der Waals surface area contributed by atoms with Gasteiger partial charge in [0.05, 0.1) is 12.2 Å². The zero-order valence-corrected chi connectivity index (χ0v) is 13.8. The van der Waals surface area contributed by atoms with Gasteiger partial charge in [0.25, 0.3) is 5.91 Å². The van der Waals surface area contributed by atoms with Crippen molar-refractivity contribution in [1.82, 2.24) is 14.9 Å². The number of amides is 1. The van der Waals surface area contributed by atoms with Gasteiger partial charge in [-0.05, 0) is 32.1 Å². The minimum atomic E-state index is -0.658. The Balaban J connectivity index is 1.72. The molecule has 2 aliphatic heterocycles. The third-order valence-corrected chi connectivity index (χ3v) is 4.51. The monoisotopic (exact) mass is 303 g/mol. The summed E-state index contributed by atoms with van der Waals surface area (Å²) in [6.07, 6.45) is 5.68. The molecular formula is C17H25N3O2. The normalized spacial score (nSPS) is 24.6. The predicted molar refractivity (Wildman–Crippen MR) is 83.0 cm³/mol. The largest absolute Gasteiger partial charge is 0.365 e. The van der Waals surface area contributed by atoms with Gasteiger partial charge < -0.3 is 9.64 Å². The highest BCUT2D eigenvalue weighted by molar-refractivity contribution is 5.85. The van der Waals surface area contributed by atoms with E-state index in [-0.39, 0.29) is 5.91 Å². The first-order chi connectivity index (χ1) is 10.5. The molecule has 0 spiro atoms. The molecule has 0 aromatic carbocycles. The van der Waals surface area contributed by atoms with Crippen molar-refractivity contribution in [2.24, 2.45) is 5.92 Å². The van der Waals surface area contributed by atoms with Crippen molar-refractivity contribution in [2.75, 3.05) is 6.61 Å². The number of rotatable bonds is 3. The molecule has 0 unspecified atom stereocenters. The second-order valence-corrected chi connectivity index (χ2v) is 7.05. The van der Waals surface area contributed by atoms with Crippen molar-refractivity contribution in [3.8, 4) is 0 Å². The summed E-state index contributed by atoms with van der Waals surface area (Å²) in [6.45, 7) is 8.12. The first-order valence-corrected chi connectivity index (χ1v) is 8.25. The van der Waals surface area contributed by atoms with E-state index in [1.807, 2.05) is 18.0 Å². The Morgan fingerprint density at radius 1 is 1.41 bits per heavy atom. The highest BCUT2D eigenvalue weighted by Gasteiger charge is 2.41. The fourth-order valence-electron chi connectivity index (χ4n) is 3.24. The molecule has 1 aromatic heterocycles. The van der Waals surface area contributed by atoms with Crippen molar-refractivity contribution in [2.45, 2.75) is 65.1 Å². The lowest BCUT2D eigenvalue weighted by Gasteiger charge is -2.35. The van der Waals surface area contributed by atoms with Gasteiger partial charge in [0.1, 0.15) is 11.4 Å². The first-order valence-electron chi connectivity index (χ1n) is 8.25.